The van der Waals surface area contributed by atoms with Crippen LogP contribution in [0.25, 0.3) is 0 Å². The van der Waals surface area contributed by atoms with Gasteiger partial charge in [-0.15, -0.1) is 12.4 Å². The summed E-state index contributed by atoms with van der Waals surface area (Å²) >= 11 is 0. The monoisotopic (exact) mass is 393 g/mol. The van der Waals surface area contributed by atoms with Gasteiger partial charge in [0.25, 0.3) is 0 Å². The average Bonchev–Trinajstić information content (AvgIpc) is 3.11. The second kappa shape index (κ2) is 9.40. The number of carbonyl (C=O) groups is 1. The Kier molecular flexibility index (Phi) is 7.73. The molecule has 2 atom stereocenters. The second-order valence-corrected chi connectivity index (χ2v) is 8.98. The summed E-state index contributed by atoms with van der Waals surface area (Å²) in [6, 6.07) is 9.71. The van der Waals surface area contributed by atoms with E-state index in [-0.39, 0.29) is 23.9 Å². The lowest BCUT2D eigenvalue weighted by molar-refractivity contribution is -0.133. The van der Waals surface area contributed by atoms with Crippen molar-refractivity contribution in [1.29, 1.82) is 0 Å². The minimum atomic E-state index is 0. The van der Waals surface area contributed by atoms with E-state index in [9.17, 15) is 4.79 Å². The number of piperidine rings is 1. The largest absolute Gasteiger partial charge is 0.335 e. The Morgan fingerprint density at radius 2 is 1.78 bits per heavy atom. The van der Waals surface area contributed by atoms with Crippen molar-refractivity contribution in [2.75, 3.05) is 33.2 Å². The van der Waals surface area contributed by atoms with Gasteiger partial charge in [-0.1, -0.05) is 45.0 Å². The van der Waals surface area contributed by atoms with Gasteiger partial charge in [0, 0.05) is 19.1 Å². The highest BCUT2D eigenvalue weighted by molar-refractivity contribution is 5.85. The van der Waals surface area contributed by atoms with Crippen LogP contribution in [-0.2, 0) is 10.2 Å². The van der Waals surface area contributed by atoms with E-state index in [2.05, 4.69) is 60.2 Å². The van der Waals surface area contributed by atoms with Crippen LogP contribution in [-0.4, -0.2) is 55.0 Å². The molecular weight excluding hydrogens is 358 g/mol. The number of amides is 1. The van der Waals surface area contributed by atoms with E-state index in [1.54, 1.807) is 0 Å². The van der Waals surface area contributed by atoms with Crippen LogP contribution in [0.2, 0.25) is 0 Å². The molecule has 1 amide bonds. The number of carbonyl (C=O) groups excluding carboxylic acids is 1. The molecule has 1 aromatic rings. The van der Waals surface area contributed by atoms with E-state index in [0.29, 0.717) is 18.5 Å². The van der Waals surface area contributed by atoms with Crippen LogP contribution in [0.4, 0.5) is 0 Å². The molecule has 2 saturated heterocycles. The van der Waals surface area contributed by atoms with E-state index in [4.69, 9.17) is 0 Å². The molecule has 2 fully saturated rings. The first-order valence-corrected chi connectivity index (χ1v) is 10.2. The molecule has 0 spiro atoms. The van der Waals surface area contributed by atoms with Gasteiger partial charge in [0.05, 0.1) is 12.6 Å². The number of nitrogens with one attached hydrogen (secondary N) is 1. The van der Waals surface area contributed by atoms with Crippen molar-refractivity contribution in [3.05, 3.63) is 35.4 Å². The van der Waals surface area contributed by atoms with E-state index >= 15 is 0 Å². The Labute approximate surface area is 171 Å². The summed E-state index contributed by atoms with van der Waals surface area (Å²) in [7, 11) is 2.02. The third-order valence-corrected chi connectivity index (χ3v) is 6.01. The fourth-order valence-electron chi connectivity index (χ4n) is 4.33. The minimum absolute atomic E-state index is 0. The Morgan fingerprint density at radius 1 is 1.11 bits per heavy atom. The van der Waals surface area contributed by atoms with Crippen LogP contribution in [0.1, 0.15) is 63.6 Å². The van der Waals surface area contributed by atoms with E-state index in [0.717, 1.165) is 32.5 Å². The van der Waals surface area contributed by atoms with Crippen molar-refractivity contribution >= 4 is 18.3 Å². The predicted molar refractivity (Wildman–Crippen MR) is 115 cm³/mol. The molecule has 2 heterocycles. The molecule has 2 aliphatic rings. The number of rotatable bonds is 4. The number of likely N-dealkylation sites (tertiary alicyclic amines) is 2. The number of hydrogen-bond donors (Lipinski definition) is 1. The number of benzene rings is 1. The van der Waals surface area contributed by atoms with E-state index in [1.807, 2.05) is 7.05 Å². The lowest BCUT2D eigenvalue weighted by Crippen LogP contribution is -2.48. The van der Waals surface area contributed by atoms with Gasteiger partial charge in [-0.3, -0.25) is 9.69 Å². The summed E-state index contributed by atoms with van der Waals surface area (Å²) in [5, 5.41) is 3.36. The third-order valence-electron chi connectivity index (χ3n) is 6.01. The van der Waals surface area contributed by atoms with Gasteiger partial charge in [-0.2, -0.15) is 0 Å². The zero-order valence-electron chi connectivity index (χ0n) is 17.3. The maximum atomic E-state index is 13.0. The molecule has 152 valence electrons. The highest BCUT2D eigenvalue weighted by atomic mass is 35.5. The van der Waals surface area contributed by atoms with Gasteiger partial charge in [-0.05, 0) is 55.8 Å². The number of hydrogen-bond acceptors (Lipinski definition) is 3. The maximum absolute atomic E-state index is 13.0. The number of halogens is 1. The van der Waals surface area contributed by atoms with Gasteiger partial charge in [-0.25, -0.2) is 0 Å². The summed E-state index contributed by atoms with van der Waals surface area (Å²) in [6.45, 7) is 10.2. The highest BCUT2D eigenvalue weighted by Gasteiger charge is 2.31. The second-order valence-electron chi connectivity index (χ2n) is 8.98. The quantitative estimate of drug-likeness (QED) is 0.846. The van der Waals surface area contributed by atoms with Gasteiger partial charge < -0.3 is 10.2 Å². The molecule has 0 aliphatic carbocycles. The molecule has 2 unspecified atom stereocenters. The summed E-state index contributed by atoms with van der Waals surface area (Å²) in [5.74, 6) is 0.296. The molecule has 3 rings (SSSR count). The Hall–Kier alpha value is -1.10. The summed E-state index contributed by atoms with van der Waals surface area (Å²) < 4.78 is 0. The third kappa shape index (κ3) is 5.46. The predicted octanol–water partition coefficient (Wildman–Crippen LogP) is 3.75. The zero-order chi connectivity index (χ0) is 18.7. The fraction of sp³-hybridized carbons (Fsp3) is 0.682. The first-order valence-electron chi connectivity index (χ1n) is 10.2. The van der Waals surface area contributed by atoms with Crippen molar-refractivity contribution in [1.82, 2.24) is 15.1 Å². The molecule has 2 aliphatic heterocycles. The molecule has 1 aromatic carbocycles. The minimum Gasteiger partial charge on any atom is -0.335 e. The van der Waals surface area contributed by atoms with E-state index < -0.39 is 0 Å². The van der Waals surface area contributed by atoms with Gasteiger partial charge in [0.2, 0.25) is 5.91 Å². The van der Waals surface area contributed by atoms with Crippen LogP contribution < -0.4 is 5.32 Å². The Balaban J connectivity index is 0.00000261. The lowest BCUT2D eigenvalue weighted by Gasteiger charge is -2.34. The topological polar surface area (TPSA) is 35.6 Å². The molecule has 5 heteroatoms. The van der Waals surface area contributed by atoms with E-state index in [1.165, 1.54) is 24.0 Å². The first kappa shape index (κ1) is 22.2. The molecule has 1 N–H and O–H groups in total. The van der Waals surface area contributed by atoms with Crippen LogP contribution in [0, 0.1) is 0 Å². The average molecular weight is 394 g/mol. The number of likely N-dealkylation sites (N-methyl/N-ethyl adjacent to an activating group) is 1. The standard InChI is InChI=1S/C22H35N3O.ClH/c1-22(2,3)18-11-9-17(10-12-18)20-8-6-14-25(20)21(26)16-24-13-5-7-19(15-24)23-4;/h9-12,19-20,23H,5-8,13-16H2,1-4H3;1H. The molecular formula is C22H36ClN3O. The van der Waals surface area contributed by atoms with Crippen LogP contribution in [0.15, 0.2) is 24.3 Å². The summed E-state index contributed by atoms with van der Waals surface area (Å²) in [5.41, 5.74) is 2.81. The SMILES string of the molecule is CNC1CCCN(CC(=O)N2CCCC2c2ccc(C(C)(C)C)cc2)C1.Cl. The summed E-state index contributed by atoms with van der Waals surface area (Å²) in [6.07, 6.45) is 4.58. The molecule has 4 nitrogen and oxygen atoms in total. The molecule has 27 heavy (non-hydrogen) atoms. The lowest BCUT2D eigenvalue weighted by atomic mass is 9.86. The van der Waals surface area contributed by atoms with Crippen molar-refractivity contribution in [3.63, 3.8) is 0 Å². The van der Waals surface area contributed by atoms with Crippen molar-refractivity contribution in [2.45, 2.75) is 64.0 Å². The smallest absolute Gasteiger partial charge is 0.237 e. The molecule has 0 aromatic heterocycles. The zero-order valence-corrected chi connectivity index (χ0v) is 18.1. The Bertz CT molecular complexity index is 611. The van der Waals surface area contributed by atoms with Crippen LogP contribution >= 0.6 is 12.4 Å². The Morgan fingerprint density at radius 3 is 2.41 bits per heavy atom. The normalized spacial score (nSPS) is 23.9. The van der Waals surface area contributed by atoms with Crippen molar-refractivity contribution in [2.24, 2.45) is 0 Å². The molecule has 0 bridgehead atoms. The molecule has 0 saturated carbocycles. The number of nitrogens with zero attached hydrogens (tertiary/aromatic N) is 2. The van der Waals surface area contributed by atoms with Crippen LogP contribution in [0.5, 0.6) is 0 Å². The maximum Gasteiger partial charge on any atom is 0.237 e. The fourth-order valence-corrected chi connectivity index (χ4v) is 4.33. The molecule has 0 radical (unpaired) electrons. The van der Waals surface area contributed by atoms with Crippen LogP contribution in [0.3, 0.4) is 0 Å². The van der Waals surface area contributed by atoms with Crippen molar-refractivity contribution < 1.29 is 4.79 Å². The van der Waals surface area contributed by atoms with Crippen molar-refractivity contribution in [3.8, 4) is 0 Å². The highest BCUT2D eigenvalue weighted by Crippen LogP contribution is 2.33. The van der Waals surface area contributed by atoms with Gasteiger partial charge in [0.15, 0.2) is 0 Å². The first-order chi connectivity index (χ1) is 12.4. The summed E-state index contributed by atoms with van der Waals surface area (Å²) in [4.78, 5) is 17.4. The van der Waals surface area contributed by atoms with Gasteiger partial charge in [0.1, 0.15) is 0 Å². The van der Waals surface area contributed by atoms with Gasteiger partial charge >= 0.3 is 0 Å².